The normalized spacial score (nSPS) is 19.3. The van der Waals surface area contributed by atoms with E-state index in [4.69, 9.17) is 7.48 Å². The Kier molecular flexibility index (Phi) is 3.64. The second-order valence-corrected chi connectivity index (χ2v) is 4.30. The van der Waals surface area contributed by atoms with Crippen molar-refractivity contribution in [2.45, 2.75) is 19.3 Å². The SMILES string of the molecule is [2H]C([2H])(CC1CCNCC1)OC(=O)c1ccccc1. The molecule has 1 N–H and O–H groups in total. The zero-order valence-electron chi connectivity index (χ0n) is 11.8. The van der Waals surface area contributed by atoms with Crippen LogP contribution in [-0.4, -0.2) is 25.6 Å². The highest BCUT2D eigenvalue weighted by Crippen LogP contribution is 2.15. The van der Waals surface area contributed by atoms with Gasteiger partial charge in [0.15, 0.2) is 0 Å². The lowest BCUT2D eigenvalue weighted by atomic mass is 9.95. The minimum absolute atomic E-state index is 0.271. The van der Waals surface area contributed by atoms with Crippen LogP contribution in [0.3, 0.4) is 0 Å². The third kappa shape index (κ3) is 3.86. The second-order valence-electron chi connectivity index (χ2n) is 4.30. The molecule has 1 saturated heterocycles. The molecule has 0 aromatic heterocycles. The molecule has 1 fully saturated rings. The Hall–Kier alpha value is -1.35. The van der Waals surface area contributed by atoms with Crippen LogP contribution in [0.4, 0.5) is 0 Å². The molecule has 1 heterocycles. The fourth-order valence-electron chi connectivity index (χ4n) is 1.94. The van der Waals surface area contributed by atoms with Crippen LogP contribution in [0.1, 0.15) is 32.4 Å². The quantitative estimate of drug-likeness (QED) is 0.813. The van der Waals surface area contributed by atoms with Crippen molar-refractivity contribution in [3.05, 3.63) is 35.9 Å². The lowest BCUT2D eigenvalue weighted by Crippen LogP contribution is -2.28. The molecule has 0 spiro atoms. The molecule has 0 aliphatic carbocycles. The number of hydrogen-bond donors (Lipinski definition) is 1. The largest absolute Gasteiger partial charge is 0.462 e. The van der Waals surface area contributed by atoms with Crippen molar-refractivity contribution in [1.29, 1.82) is 0 Å². The fraction of sp³-hybridized carbons (Fsp3) is 0.500. The Morgan fingerprint density at radius 3 is 2.76 bits per heavy atom. The first-order chi connectivity index (χ1) is 9.07. The van der Waals surface area contributed by atoms with Gasteiger partial charge in [-0.25, -0.2) is 4.79 Å². The summed E-state index contributed by atoms with van der Waals surface area (Å²) in [7, 11) is 0. The average Bonchev–Trinajstić information content (AvgIpc) is 2.39. The number of carbonyl (C=O) groups excluding carboxylic acids is 1. The maximum absolute atomic E-state index is 11.8. The van der Waals surface area contributed by atoms with Gasteiger partial charge in [-0.15, -0.1) is 0 Å². The van der Waals surface area contributed by atoms with E-state index in [1.54, 1.807) is 30.3 Å². The van der Waals surface area contributed by atoms with E-state index >= 15 is 0 Å². The Morgan fingerprint density at radius 2 is 2.06 bits per heavy atom. The molecule has 0 amide bonds. The summed E-state index contributed by atoms with van der Waals surface area (Å²) in [6, 6.07) is 8.53. The summed E-state index contributed by atoms with van der Waals surface area (Å²) in [4.78, 5) is 11.8. The Balaban J connectivity index is 1.91. The smallest absolute Gasteiger partial charge is 0.338 e. The van der Waals surface area contributed by atoms with Crippen molar-refractivity contribution >= 4 is 5.97 Å². The lowest BCUT2D eigenvalue weighted by molar-refractivity contribution is 0.0476. The highest BCUT2D eigenvalue weighted by molar-refractivity contribution is 5.89. The van der Waals surface area contributed by atoms with E-state index in [1.807, 2.05) is 0 Å². The topological polar surface area (TPSA) is 38.3 Å². The first-order valence-electron chi connectivity index (χ1n) is 7.06. The molecule has 0 radical (unpaired) electrons. The van der Waals surface area contributed by atoms with Crippen molar-refractivity contribution in [1.82, 2.24) is 5.32 Å². The summed E-state index contributed by atoms with van der Waals surface area (Å²) in [6.07, 6.45) is 2.14. The van der Waals surface area contributed by atoms with E-state index in [1.165, 1.54) is 0 Å². The minimum Gasteiger partial charge on any atom is -0.462 e. The molecule has 0 atom stereocenters. The van der Waals surface area contributed by atoms with Gasteiger partial charge in [-0.1, -0.05) is 18.2 Å². The van der Waals surface area contributed by atoms with Gasteiger partial charge in [0.25, 0.3) is 0 Å². The van der Waals surface area contributed by atoms with Gasteiger partial charge >= 0.3 is 5.97 Å². The van der Waals surface area contributed by atoms with Crippen LogP contribution in [0, 0.1) is 5.92 Å². The molecular formula is C14H19NO2. The first kappa shape index (κ1) is 9.66. The van der Waals surface area contributed by atoms with Crippen molar-refractivity contribution < 1.29 is 12.3 Å². The van der Waals surface area contributed by atoms with Crippen molar-refractivity contribution in [2.24, 2.45) is 5.92 Å². The summed E-state index contributed by atoms with van der Waals surface area (Å²) < 4.78 is 20.7. The summed E-state index contributed by atoms with van der Waals surface area (Å²) in [6.45, 7) is -0.0737. The number of hydrogen-bond acceptors (Lipinski definition) is 3. The predicted molar refractivity (Wildman–Crippen MR) is 66.9 cm³/mol. The van der Waals surface area contributed by atoms with Gasteiger partial charge < -0.3 is 10.1 Å². The summed E-state index contributed by atoms with van der Waals surface area (Å²) in [5.41, 5.74) is 0.386. The predicted octanol–water partition coefficient (Wildman–Crippen LogP) is 2.23. The molecule has 1 aromatic rings. The summed E-state index contributed by atoms with van der Waals surface area (Å²) >= 11 is 0. The molecule has 3 heteroatoms. The zero-order chi connectivity index (χ0) is 13.7. The van der Waals surface area contributed by atoms with Crippen LogP contribution in [0.5, 0.6) is 0 Å². The average molecular weight is 235 g/mol. The van der Waals surface area contributed by atoms with Crippen LogP contribution in [0.15, 0.2) is 30.3 Å². The van der Waals surface area contributed by atoms with Gasteiger partial charge in [0, 0.05) is 0 Å². The molecule has 17 heavy (non-hydrogen) atoms. The fourth-order valence-corrected chi connectivity index (χ4v) is 1.94. The first-order valence-corrected chi connectivity index (χ1v) is 6.06. The molecule has 0 bridgehead atoms. The molecule has 0 unspecified atom stereocenters. The maximum atomic E-state index is 11.8. The molecule has 92 valence electrons. The van der Waals surface area contributed by atoms with Crippen molar-refractivity contribution in [3.63, 3.8) is 0 Å². The van der Waals surface area contributed by atoms with Gasteiger partial charge in [0.2, 0.25) is 0 Å². The number of carbonyl (C=O) groups is 1. The lowest BCUT2D eigenvalue weighted by Gasteiger charge is -2.22. The number of benzene rings is 1. The van der Waals surface area contributed by atoms with Gasteiger partial charge in [0.05, 0.1) is 14.9 Å². The van der Waals surface area contributed by atoms with E-state index in [0.29, 0.717) is 5.56 Å². The van der Waals surface area contributed by atoms with Gasteiger partial charge in [-0.05, 0) is 50.4 Å². The Bertz CT molecular complexity index is 417. The highest BCUT2D eigenvalue weighted by Gasteiger charge is 2.13. The van der Waals surface area contributed by atoms with Crippen molar-refractivity contribution in [2.75, 3.05) is 19.6 Å². The van der Waals surface area contributed by atoms with Crippen molar-refractivity contribution in [3.8, 4) is 0 Å². The van der Waals surface area contributed by atoms with E-state index in [9.17, 15) is 4.79 Å². The molecule has 1 aliphatic heterocycles. The van der Waals surface area contributed by atoms with Crippen LogP contribution in [0.2, 0.25) is 0 Å². The minimum atomic E-state index is -1.89. The Morgan fingerprint density at radius 1 is 1.35 bits per heavy atom. The number of nitrogens with one attached hydrogen (secondary N) is 1. The van der Waals surface area contributed by atoms with Gasteiger partial charge in [-0.2, -0.15) is 0 Å². The number of piperidine rings is 1. The molecule has 1 aromatic carbocycles. The zero-order valence-corrected chi connectivity index (χ0v) is 9.82. The van der Waals surface area contributed by atoms with Gasteiger partial charge in [0.1, 0.15) is 0 Å². The number of esters is 1. The Labute approximate surface area is 105 Å². The second kappa shape index (κ2) is 6.40. The van der Waals surface area contributed by atoms with Crippen LogP contribution in [-0.2, 0) is 4.74 Å². The molecular weight excluding hydrogens is 214 g/mol. The molecule has 1 aliphatic rings. The molecule has 0 saturated carbocycles. The summed E-state index contributed by atoms with van der Waals surface area (Å²) in [5, 5.41) is 3.24. The number of ether oxygens (including phenoxy) is 1. The van der Waals surface area contributed by atoms with Gasteiger partial charge in [-0.3, -0.25) is 0 Å². The highest BCUT2D eigenvalue weighted by atomic mass is 16.5. The molecule has 2 rings (SSSR count). The molecule has 3 nitrogen and oxygen atoms in total. The van der Waals surface area contributed by atoms with Crippen LogP contribution >= 0.6 is 0 Å². The van der Waals surface area contributed by atoms with Crippen LogP contribution in [0.25, 0.3) is 0 Å². The van der Waals surface area contributed by atoms with E-state index in [0.717, 1.165) is 25.9 Å². The maximum Gasteiger partial charge on any atom is 0.338 e. The van der Waals surface area contributed by atoms with E-state index in [2.05, 4.69) is 5.32 Å². The van der Waals surface area contributed by atoms with Crippen LogP contribution < -0.4 is 5.32 Å². The number of rotatable bonds is 4. The van der Waals surface area contributed by atoms with E-state index < -0.39 is 12.5 Å². The third-order valence-electron chi connectivity index (χ3n) is 3.01. The summed E-state index contributed by atoms with van der Waals surface area (Å²) in [5.74, 6) is -0.320. The van der Waals surface area contributed by atoms with E-state index in [-0.39, 0.29) is 12.3 Å². The monoisotopic (exact) mass is 235 g/mol. The standard InChI is InChI=1S/C14H19NO2/c16-14(13-4-2-1-3-5-13)17-11-8-12-6-9-15-10-7-12/h1-5,12,15H,6-11H2/i11D2. The third-order valence-corrected chi connectivity index (χ3v) is 3.01.